The fourth-order valence-corrected chi connectivity index (χ4v) is 3.70. The predicted octanol–water partition coefficient (Wildman–Crippen LogP) is 1.78. The van der Waals surface area contributed by atoms with Crippen LogP contribution in [0.15, 0.2) is 0 Å². The van der Waals surface area contributed by atoms with E-state index >= 15 is 0 Å². The van der Waals surface area contributed by atoms with Crippen LogP contribution in [0.2, 0.25) is 0 Å². The van der Waals surface area contributed by atoms with Crippen molar-refractivity contribution in [2.45, 2.75) is 51.0 Å². The van der Waals surface area contributed by atoms with E-state index in [9.17, 15) is 4.79 Å². The van der Waals surface area contributed by atoms with Gasteiger partial charge in [-0.25, -0.2) is 0 Å². The summed E-state index contributed by atoms with van der Waals surface area (Å²) in [4.78, 5) is 16.9. The average molecular weight is 297 g/mol. The van der Waals surface area contributed by atoms with Crippen molar-refractivity contribution in [3.05, 3.63) is 0 Å². The van der Waals surface area contributed by atoms with Gasteiger partial charge in [0.05, 0.1) is 4.99 Å². The third kappa shape index (κ3) is 4.16. The first-order valence-electron chi connectivity index (χ1n) is 7.84. The predicted molar refractivity (Wildman–Crippen MR) is 85.6 cm³/mol. The molecule has 1 aliphatic heterocycles. The van der Waals surface area contributed by atoms with Gasteiger partial charge >= 0.3 is 0 Å². The van der Waals surface area contributed by atoms with Crippen LogP contribution in [0.25, 0.3) is 0 Å². The number of hydrogen-bond donors (Lipinski definition) is 1. The summed E-state index contributed by atoms with van der Waals surface area (Å²) in [6.45, 7) is 2.73. The third-order valence-corrected chi connectivity index (χ3v) is 5.06. The minimum absolute atomic E-state index is 0.209. The lowest BCUT2D eigenvalue weighted by Gasteiger charge is -2.31. The molecular formula is C15H27N3OS. The summed E-state index contributed by atoms with van der Waals surface area (Å²) in [6.07, 6.45) is 8.05. The smallest absolute Gasteiger partial charge is 0.223 e. The van der Waals surface area contributed by atoms with Crippen LogP contribution in [0.1, 0.15) is 44.9 Å². The molecule has 1 amide bonds. The Labute approximate surface area is 127 Å². The molecule has 5 heteroatoms. The molecular weight excluding hydrogens is 270 g/mol. The summed E-state index contributed by atoms with van der Waals surface area (Å²) in [6, 6.07) is 0.749. The van der Waals surface area contributed by atoms with Crippen molar-refractivity contribution in [2.24, 2.45) is 11.7 Å². The van der Waals surface area contributed by atoms with Gasteiger partial charge < -0.3 is 10.6 Å². The highest BCUT2D eigenvalue weighted by Gasteiger charge is 2.35. The Morgan fingerprint density at radius 3 is 2.80 bits per heavy atom. The van der Waals surface area contributed by atoms with Crippen molar-refractivity contribution < 1.29 is 4.79 Å². The summed E-state index contributed by atoms with van der Waals surface area (Å²) in [7, 11) is 1.84. The minimum atomic E-state index is 0.209. The molecule has 0 aromatic heterocycles. The molecule has 4 nitrogen and oxygen atoms in total. The minimum Gasteiger partial charge on any atom is -0.393 e. The Bertz CT molecular complexity index is 361. The van der Waals surface area contributed by atoms with E-state index in [1.807, 2.05) is 7.05 Å². The van der Waals surface area contributed by atoms with E-state index < -0.39 is 0 Å². The van der Waals surface area contributed by atoms with Crippen molar-refractivity contribution in [1.29, 1.82) is 0 Å². The molecule has 0 aromatic rings. The van der Waals surface area contributed by atoms with Crippen molar-refractivity contribution in [2.75, 3.05) is 26.7 Å². The third-order valence-electron chi connectivity index (χ3n) is 4.86. The molecule has 20 heavy (non-hydrogen) atoms. The fraction of sp³-hybridized carbons (Fsp3) is 0.867. The van der Waals surface area contributed by atoms with E-state index in [2.05, 4.69) is 4.90 Å². The van der Waals surface area contributed by atoms with Crippen LogP contribution in [0, 0.1) is 5.92 Å². The first kappa shape index (κ1) is 15.7. The molecule has 0 bridgehead atoms. The highest BCUT2D eigenvalue weighted by Crippen LogP contribution is 2.35. The highest BCUT2D eigenvalue weighted by molar-refractivity contribution is 7.80. The van der Waals surface area contributed by atoms with E-state index in [4.69, 9.17) is 18.0 Å². The number of rotatable bonds is 6. The molecule has 0 radical (unpaired) electrons. The number of likely N-dealkylation sites (tertiary alicyclic amines) is 1. The second-order valence-electron chi connectivity index (χ2n) is 6.22. The van der Waals surface area contributed by atoms with Crippen LogP contribution in [-0.4, -0.2) is 53.4 Å². The largest absolute Gasteiger partial charge is 0.393 e. The van der Waals surface area contributed by atoms with Gasteiger partial charge in [-0.2, -0.15) is 0 Å². The molecule has 0 spiro atoms. The lowest BCUT2D eigenvalue weighted by molar-refractivity contribution is -0.130. The quantitative estimate of drug-likeness (QED) is 0.759. The van der Waals surface area contributed by atoms with Crippen LogP contribution in [0.5, 0.6) is 0 Å². The topological polar surface area (TPSA) is 49.6 Å². The Hall–Kier alpha value is -0.680. The number of nitrogens with zero attached hydrogens (tertiary/aromatic N) is 2. The van der Waals surface area contributed by atoms with Crippen molar-refractivity contribution in [3.63, 3.8) is 0 Å². The summed E-state index contributed by atoms with van der Waals surface area (Å²) in [5.41, 5.74) is 5.47. The van der Waals surface area contributed by atoms with Crippen LogP contribution in [0.3, 0.4) is 0 Å². The molecule has 1 saturated heterocycles. The van der Waals surface area contributed by atoms with Crippen molar-refractivity contribution >= 4 is 23.1 Å². The molecule has 2 rings (SSSR count). The number of carbonyl (C=O) groups is 1. The van der Waals surface area contributed by atoms with E-state index in [1.165, 1.54) is 38.6 Å². The number of thiocarbonyl (C=S) groups is 1. The van der Waals surface area contributed by atoms with Gasteiger partial charge in [0.2, 0.25) is 5.91 Å². The zero-order valence-corrected chi connectivity index (χ0v) is 13.3. The normalized spacial score (nSPS) is 26.2. The van der Waals surface area contributed by atoms with Gasteiger partial charge in [-0.3, -0.25) is 9.69 Å². The Morgan fingerprint density at radius 1 is 1.30 bits per heavy atom. The second kappa shape index (κ2) is 7.36. The zero-order valence-electron chi connectivity index (χ0n) is 12.5. The Kier molecular flexibility index (Phi) is 5.78. The average Bonchev–Trinajstić information content (AvgIpc) is 2.85. The second-order valence-corrected chi connectivity index (χ2v) is 6.74. The van der Waals surface area contributed by atoms with E-state index in [0.717, 1.165) is 18.5 Å². The van der Waals surface area contributed by atoms with Gasteiger partial charge in [-0.05, 0) is 31.7 Å². The molecule has 1 heterocycles. The molecule has 2 N–H and O–H groups in total. The maximum Gasteiger partial charge on any atom is 0.223 e. The summed E-state index contributed by atoms with van der Waals surface area (Å²) < 4.78 is 0. The fourth-order valence-electron chi connectivity index (χ4n) is 3.61. The molecule has 2 atom stereocenters. The first-order chi connectivity index (χ1) is 9.58. The van der Waals surface area contributed by atoms with Crippen LogP contribution in [-0.2, 0) is 4.79 Å². The van der Waals surface area contributed by atoms with Crippen LogP contribution in [0.4, 0.5) is 0 Å². The number of amides is 1. The van der Waals surface area contributed by atoms with Gasteiger partial charge in [-0.1, -0.05) is 25.1 Å². The van der Waals surface area contributed by atoms with Gasteiger partial charge in [0.15, 0.2) is 0 Å². The van der Waals surface area contributed by atoms with Crippen molar-refractivity contribution in [3.8, 4) is 0 Å². The molecule has 0 aromatic carbocycles. The molecule has 1 saturated carbocycles. The van der Waals surface area contributed by atoms with Gasteiger partial charge in [0.25, 0.3) is 0 Å². The maximum atomic E-state index is 12.1. The Morgan fingerprint density at radius 2 is 2.05 bits per heavy atom. The lowest BCUT2D eigenvalue weighted by atomic mass is 9.85. The number of carbonyl (C=O) groups excluding carboxylic acids is 1. The molecule has 2 unspecified atom stereocenters. The van der Waals surface area contributed by atoms with E-state index in [-0.39, 0.29) is 5.91 Å². The summed E-state index contributed by atoms with van der Waals surface area (Å²) in [5, 5.41) is 0. The van der Waals surface area contributed by atoms with Gasteiger partial charge in [0.1, 0.15) is 0 Å². The molecule has 114 valence electrons. The zero-order chi connectivity index (χ0) is 14.5. The number of hydrogen-bond acceptors (Lipinski definition) is 3. The van der Waals surface area contributed by atoms with Gasteiger partial charge in [-0.15, -0.1) is 0 Å². The summed E-state index contributed by atoms with van der Waals surface area (Å²) in [5.74, 6) is 1.10. The number of nitrogens with two attached hydrogens (primary N) is 1. The Balaban J connectivity index is 1.71. The maximum absolute atomic E-state index is 12.1. The van der Waals surface area contributed by atoms with Crippen molar-refractivity contribution in [1.82, 2.24) is 9.80 Å². The molecule has 1 aliphatic carbocycles. The number of fused-ring (bicyclic) bond motifs is 1. The SMILES string of the molecule is CN(CCC(N)=S)C(=O)CCN1CCC2CCCCC21. The van der Waals surface area contributed by atoms with Gasteiger partial charge in [0, 0.05) is 39.0 Å². The van der Waals surface area contributed by atoms with Crippen LogP contribution >= 0.6 is 12.2 Å². The monoisotopic (exact) mass is 297 g/mol. The highest BCUT2D eigenvalue weighted by atomic mass is 32.1. The molecule has 2 aliphatic rings. The van der Waals surface area contributed by atoms with E-state index in [0.29, 0.717) is 24.4 Å². The molecule has 2 fully saturated rings. The van der Waals surface area contributed by atoms with Crippen LogP contribution < -0.4 is 5.73 Å². The summed E-state index contributed by atoms with van der Waals surface area (Å²) >= 11 is 4.85. The lowest BCUT2D eigenvalue weighted by Crippen LogP contribution is -2.38. The first-order valence-corrected chi connectivity index (χ1v) is 8.25. The standard InChI is InChI=1S/C15H27N3OS/c1-17(9-7-14(16)20)15(19)8-11-18-10-6-12-4-2-3-5-13(12)18/h12-13H,2-11H2,1H3,(H2,16,20). The van der Waals surface area contributed by atoms with E-state index in [1.54, 1.807) is 4.90 Å².